The number of likely N-dealkylation sites (tertiary alicyclic amines) is 1. The monoisotopic (exact) mass is 462 g/mol. The van der Waals surface area contributed by atoms with Crippen molar-refractivity contribution in [2.24, 2.45) is 29.6 Å². The van der Waals surface area contributed by atoms with Crippen LogP contribution < -0.4 is 0 Å². The first-order valence-electron chi connectivity index (χ1n) is 10.4. The number of pyridine rings is 1. The number of carbonyl (C=O) groups is 2. The number of rotatable bonds is 3. The molecule has 156 valence electrons. The lowest BCUT2D eigenvalue weighted by atomic mass is 9.59. The van der Waals surface area contributed by atoms with Gasteiger partial charge in [-0.1, -0.05) is 6.08 Å². The molecule has 0 radical (unpaired) electrons. The molecular weight excluding hydrogens is 436 g/mol. The zero-order valence-corrected chi connectivity index (χ0v) is 18.4. The van der Waals surface area contributed by atoms with Gasteiger partial charge in [-0.2, -0.15) is 0 Å². The highest BCUT2D eigenvalue weighted by Crippen LogP contribution is 2.51. The second kappa shape index (κ2) is 8.46. The summed E-state index contributed by atoms with van der Waals surface area (Å²) in [5.74, 6) is 0.931. The SMILES string of the molecule is CCOC(=O)N1CC[C@@H]2[C@H](C[C@H]3C(=O)O[C@H](C)[C@H]3[C@H]2C=Cc2ccc(Br)cn2)C1. The third kappa shape index (κ3) is 4.06. The molecule has 1 aliphatic carbocycles. The quantitative estimate of drug-likeness (QED) is 0.630. The average molecular weight is 463 g/mol. The fourth-order valence-corrected chi connectivity index (χ4v) is 5.67. The van der Waals surface area contributed by atoms with E-state index in [1.54, 1.807) is 11.1 Å². The number of hydrogen-bond donors (Lipinski definition) is 0. The Balaban J connectivity index is 1.58. The van der Waals surface area contributed by atoms with Gasteiger partial charge in [-0.25, -0.2) is 4.79 Å². The average Bonchev–Trinajstić information content (AvgIpc) is 2.99. The summed E-state index contributed by atoms with van der Waals surface area (Å²) in [7, 11) is 0. The van der Waals surface area contributed by atoms with E-state index in [9.17, 15) is 9.59 Å². The van der Waals surface area contributed by atoms with Crippen LogP contribution in [0.1, 0.15) is 32.4 Å². The van der Waals surface area contributed by atoms with Gasteiger partial charge in [0.05, 0.1) is 18.2 Å². The van der Waals surface area contributed by atoms with E-state index in [4.69, 9.17) is 9.47 Å². The summed E-state index contributed by atoms with van der Waals surface area (Å²) in [6, 6.07) is 3.95. The molecule has 1 saturated carbocycles. The summed E-state index contributed by atoms with van der Waals surface area (Å²) >= 11 is 3.42. The Labute approximate surface area is 179 Å². The Kier molecular flexibility index (Phi) is 5.95. The standard InChI is InChI=1S/C22H27BrN2O4/c1-3-28-22(27)25-9-8-17-14(12-25)10-19-20(13(2)29-21(19)26)18(17)7-6-16-5-4-15(23)11-24-16/h4-7,11,13-14,17-20H,3,8-10,12H2,1-2H3/t13-,14-,17-,18+,19-,20+/m1/s1. The van der Waals surface area contributed by atoms with E-state index < -0.39 is 0 Å². The van der Waals surface area contributed by atoms with Gasteiger partial charge in [0, 0.05) is 29.7 Å². The molecule has 29 heavy (non-hydrogen) atoms. The highest BCUT2D eigenvalue weighted by Gasteiger charge is 2.54. The Hall–Kier alpha value is -1.89. The van der Waals surface area contributed by atoms with Gasteiger partial charge in [0.25, 0.3) is 0 Å². The number of cyclic esters (lactones) is 1. The summed E-state index contributed by atoms with van der Waals surface area (Å²) in [6.45, 7) is 5.55. The summed E-state index contributed by atoms with van der Waals surface area (Å²) in [4.78, 5) is 31.0. The number of piperidine rings is 1. The number of hydrogen-bond acceptors (Lipinski definition) is 5. The van der Waals surface area contributed by atoms with Crippen LogP contribution in [0.2, 0.25) is 0 Å². The topological polar surface area (TPSA) is 68.7 Å². The predicted octanol–water partition coefficient (Wildman–Crippen LogP) is 4.15. The molecule has 0 bridgehead atoms. The fraction of sp³-hybridized carbons (Fsp3) is 0.591. The highest BCUT2D eigenvalue weighted by atomic mass is 79.9. The van der Waals surface area contributed by atoms with Crippen molar-refractivity contribution in [1.82, 2.24) is 9.88 Å². The molecule has 6 nitrogen and oxygen atoms in total. The van der Waals surface area contributed by atoms with Crippen molar-refractivity contribution < 1.29 is 19.1 Å². The molecular formula is C22H27BrN2O4. The molecule has 1 aromatic rings. The van der Waals surface area contributed by atoms with Crippen molar-refractivity contribution in [3.63, 3.8) is 0 Å². The van der Waals surface area contributed by atoms with E-state index >= 15 is 0 Å². The lowest BCUT2D eigenvalue weighted by Gasteiger charge is -2.48. The molecule has 3 heterocycles. The van der Waals surface area contributed by atoms with Crippen molar-refractivity contribution >= 4 is 34.1 Å². The van der Waals surface area contributed by atoms with Gasteiger partial charge in [0.1, 0.15) is 6.10 Å². The molecule has 4 rings (SSSR count). The molecule has 2 aliphatic heterocycles. The summed E-state index contributed by atoms with van der Waals surface area (Å²) in [6.07, 6.45) is 7.44. The molecule has 0 unspecified atom stereocenters. The maximum absolute atomic E-state index is 12.5. The summed E-state index contributed by atoms with van der Waals surface area (Å²) in [5, 5.41) is 0. The summed E-state index contributed by atoms with van der Waals surface area (Å²) in [5.41, 5.74) is 0.897. The lowest BCUT2D eigenvalue weighted by Crippen LogP contribution is -2.51. The van der Waals surface area contributed by atoms with Gasteiger partial charge in [-0.15, -0.1) is 0 Å². The van der Waals surface area contributed by atoms with E-state index in [1.165, 1.54) is 0 Å². The van der Waals surface area contributed by atoms with Gasteiger partial charge in [0.2, 0.25) is 0 Å². The molecule has 6 atom stereocenters. The third-order valence-electron chi connectivity index (χ3n) is 6.67. The Morgan fingerprint density at radius 2 is 2.28 bits per heavy atom. The number of esters is 1. The highest BCUT2D eigenvalue weighted by molar-refractivity contribution is 9.10. The van der Waals surface area contributed by atoms with Crippen LogP contribution in [0.25, 0.3) is 6.08 Å². The van der Waals surface area contributed by atoms with E-state index in [1.807, 2.05) is 26.0 Å². The van der Waals surface area contributed by atoms with E-state index in [2.05, 4.69) is 33.1 Å². The van der Waals surface area contributed by atoms with Crippen molar-refractivity contribution in [2.45, 2.75) is 32.8 Å². The number of nitrogens with zero attached hydrogens (tertiary/aromatic N) is 2. The number of carbonyl (C=O) groups excluding carboxylic acids is 2. The first-order valence-corrected chi connectivity index (χ1v) is 11.2. The maximum atomic E-state index is 12.5. The number of ether oxygens (including phenoxy) is 2. The van der Waals surface area contributed by atoms with Crippen LogP contribution in [-0.2, 0) is 14.3 Å². The van der Waals surface area contributed by atoms with Gasteiger partial charge in [-0.3, -0.25) is 9.78 Å². The van der Waals surface area contributed by atoms with Crippen LogP contribution in [0.15, 0.2) is 28.9 Å². The van der Waals surface area contributed by atoms with Gasteiger partial charge < -0.3 is 14.4 Å². The molecule has 0 aromatic carbocycles. The van der Waals surface area contributed by atoms with Gasteiger partial charge >= 0.3 is 12.1 Å². The molecule has 0 spiro atoms. The molecule has 0 N–H and O–H groups in total. The minimum atomic E-state index is -0.249. The van der Waals surface area contributed by atoms with Crippen molar-refractivity contribution in [1.29, 1.82) is 0 Å². The number of allylic oxidation sites excluding steroid dienone is 1. The van der Waals surface area contributed by atoms with Crippen molar-refractivity contribution in [2.75, 3.05) is 19.7 Å². The number of amides is 1. The van der Waals surface area contributed by atoms with Crippen LogP contribution >= 0.6 is 15.9 Å². The van der Waals surface area contributed by atoms with Crippen LogP contribution in [0.5, 0.6) is 0 Å². The van der Waals surface area contributed by atoms with Crippen LogP contribution in [0, 0.1) is 29.6 Å². The van der Waals surface area contributed by atoms with Crippen LogP contribution in [-0.4, -0.2) is 47.7 Å². The minimum absolute atomic E-state index is 0.0796. The minimum Gasteiger partial charge on any atom is -0.462 e. The second-order valence-corrected chi connectivity index (χ2v) is 9.17. The van der Waals surface area contributed by atoms with Crippen LogP contribution in [0.3, 0.4) is 0 Å². The van der Waals surface area contributed by atoms with Crippen molar-refractivity contribution in [3.8, 4) is 0 Å². The number of aromatic nitrogens is 1. The predicted molar refractivity (Wildman–Crippen MR) is 112 cm³/mol. The molecule has 3 fully saturated rings. The number of halogens is 1. The zero-order chi connectivity index (χ0) is 20.5. The van der Waals surface area contributed by atoms with Gasteiger partial charge in [-0.05, 0) is 78.6 Å². The number of fused-ring (bicyclic) bond motifs is 2. The third-order valence-corrected chi connectivity index (χ3v) is 7.13. The largest absolute Gasteiger partial charge is 0.462 e. The van der Waals surface area contributed by atoms with E-state index in [0.29, 0.717) is 25.6 Å². The smallest absolute Gasteiger partial charge is 0.409 e. The zero-order valence-electron chi connectivity index (χ0n) is 16.8. The Bertz CT molecular complexity index is 797. The Morgan fingerprint density at radius 3 is 3.00 bits per heavy atom. The normalized spacial score (nSPS) is 33.9. The van der Waals surface area contributed by atoms with Crippen molar-refractivity contribution in [3.05, 3.63) is 34.6 Å². The van der Waals surface area contributed by atoms with Gasteiger partial charge in [0.15, 0.2) is 0 Å². The summed E-state index contributed by atoms with van der Waals surface area (Å²) < 4.78 is 11.8. The molecule has 7 heteroatoms. The maximum Gasteiger partial charge on any atom is 0.409 e. The van der Waals surface area contributed by atoms with E-state index in [0.717, 1.165) is 23.0 Å². The first-order chi connectivity index (χ1) is 14.0. The van der Waals surface area contributed by atoms with Crippen LogP contribution in [0.4, 0.5) is 4.79 Å². The van der Waals surface area contributed by atoms with E-state index in [-0.39, 0.29) is 41.8 Å². The first kappa shape index (κ1) is 20.4. The molecule has 1 aromatic heterocycles. The lowest BCUT2D eigenvalue weighted by molar-refractivity contribution is -0.144. The molecule has 2 saturated heterocycles. The Morgan fingerprint density at radius 1 is 1.45 bits per heavy atom. The fourth-order valence-electron chi connectivity index (χ4n) is 5.43. The molecule has 1 amide bonds. The molecule has 3 aliphatic rings. The second-order valence-electron chi connectivity index (χ2n) is 8.26.